The summed E-state index contributed by atoms with van der Waals surface area (Å²) < 4.78 is 5.19. The number of hydrogen-bond donors (Lipinski definition) is 0. The number of rotatable bonds is 9. The molecular formula is C18H27NO2. The minimum atomic E-state index is 0.209. The van der Waals surface area contributed by atoms with E-state index in [2.05, 4.69) is 30.9 Å². The Kier molecular flexibility index (Phi) is 5.95. The largest absolute Gasteiger partial charge is 0.383 e. The third-order valence-corrected chi connectivity index (χ3v) is 4.49. The van der Waals surface area contributed by atoms with Gasteiger partial charge in [-0.15, -0.1) is 0 Å². The monoisotopic (exact) mass is 289 g/mol. The second-order valence-corrected chi connectivity index (χ2v) is 6.01. The second kappa shape index (κ2) is 7.71. The first-order valence-electron chi connectivity index (χ1n) is 8.00. The van der Waals surface area contributed by atoms with E-state index in [4.69, 9.17) is 4.74 Å². The zero-order valence-electron chi connectivity index (χ0n) is 13.5. The average Bonchev–Trinajstić information content (AvgIpc) is 3.35. The molecule has 1 aliphatic carbocycles. The number of benzene rings is 1. The van der Waals surface area contributed by atoms with Crippen LogP contribution in [0.1, 0.15) is 42.6 Å². The number of nitrogens with zero attached hydrogens (tertiary/aromatic N) is 1. The molecule has 3 nitrogen and oxygen atoms in total. The third-order valence-electron chi connectivity index (χ3n) is 4.49. The van der Waals surface area contributed by atoms with Gasteiger partial charge in [-0.2, -0.15) is 0 Å². The van der Waals surface area contributed by atoms with Crippen LogP contribution in [0.25, 0.3) is 0 Å². The normalized spacial score (nSPS) is 16.2. The lowest BCUT2D eigenvalue weighted by Crippen LogP contribution is -2.40. The van der Waals surface area contributed by atoms with E-state index in [9.17, 15) is 4.79 Å². The van der Waals surface area contributed by atoms with E-state index in [-0.39, 0.29) is 5.78 Å². The Morgan fingerprint density at radius 2 is 2.00 bits per heavy atom. The first kappa shape index (κ1) is 16.2. The molecule has 0 N–H and O–H groups in total. The molecule has 0 bridgehead atoms. The van der Waals surface area contributed by atoms with Gasteiger partial charge < -0.3 is 4.74 Å². The molecule has 1 unspecified atom stereocenters. The van der Waals surface area contributed by atoms with Gasteiger partial charge in [0.05, 0.1) is 13.2 Å². The highest BCUT2D eigenvalue weighted by atomic mass is 16.5. The van der Waals surface area contributed by atoms with Crippen molar-refractivity contribution in [2.75, 3.05) is 26.8 Å². The van der Waals surface area contributed by atoms with Crippen LogP contribution in [0.3, 0.4) is 0 Å². The van der Waals surface area contributed by atoms with Crippen LogP contribution >= 0.6 is 0 Å². The smallest absolute Gasteiger partial charge is 0.176 e. The van der Waals surface area contributed by atoms with Crippen molar-refractivity contribution in [1.82, 2.24) is 4.90 Å². The van der Waals surface area contributed by atoms with Crippen molar-refractivity contribution >= 4 is 5.78 Å². The van der Waals surface area contributed by atoms with Gasteiger partial charge >= 0.3 is 0 Å². The van der Waals surface area contributed by atoms with Gasteiger partial charge in [0.1, 0.15) is 0 Å². The van der Waals surface area contributed by atoms with Crippen LogP contribution in [0.15, 0.2) is 24.3 Å². The molecule has 1 saturated carbocycles. The summed E-state index contributed by atoms with van der Waals surface area (Å²) in [6.45, 7) is 6.36. The fraction of sp³-hybridized carbons (Fsp3) is 0.611. The Hall–Kier alpha value is -1.19. The van der Waals surface area contributed by atoms with Crippen molar-refractivity contribution in [3.05, 3.63) is 35.4 Å². The van der Waals surface area contributed by atoms with Gasteiger partial charge in [0, 0.05) is 25.3 Å². The first-order valence-corrected chi connectivity index (χ1v) is 8.00. The first-order chi connectivity index (χ1) is 10.2. The van der Waals surface area contributed by atoms with E-state index in [0.717, 1.165) is 24.4 Å². The highest BCUT2D eigenvalue weighted by Gasteiger charge is 2.32. The summed E-state index contributed by atoms with van der Waals surface area (Å²) in [4.78, 5) is 14.8. The second-order valence-electron chi connectivity index (χ2n) is 6.01. The molecule has 1 aromatic rings. The van der Waals surface area contributed by atoms with Crippen molar-refractivity contribution in [2.45, 2.75) is 39.2 Å². The molecule has 1 fully saturated rings. The lowest BCUT2D eigenvalue weighted by molar-refractivity contribution is 0.0816. The molecule has 21 heavy (non-hydrogen) atoms. The zero-order valence-corrected chi connectivity index (χ0v) is 13.5. The van der Waals surface area contributed by atoms with Crippen LogP contribution in [0.4, 0.5) is 0 Å². The van der Waals surface area contributed by atoms with Crippen molar-refractivity contribution in [1.29, 1.82) is 0 Å². The maximum Gasteiger partial charge on any atom is 0.176 e. The Labute approximate surface area is 128 Å². The number of aryl methyl sites for hydroxylation is 1. The topological polar surface area (TPSA) is 29.5 Å². The van der Waals surface area contributed by atoms with Crippen LogP contribution in [-0.4, -0.2) is 43.5 Å². The van der Waals surface area contributed by atoms with Crippen LogP contribution in [-0.2, 0) is 11.2 Å². The quantitative estimate of drug-likeness (QED) is 0.654. The summed E-state index contributed by atoms with van der Waals surface area (Å²) in [6.07, 6.45) is 3.60. The Morgan fingerprint density at radius 1 is 1.33 bits per heavy atom. The number of Topliss-reactive ketones (excluding diaryl/α,β-unsaturated/α-hetero) is 1. The lowest BCUT2D eigenvalue weighted by Gasteiger charge is -2.28. The third kappa shape index (κ3) is 4.65. The molecule has 0 aliphatic heterocycles. The van der Waals surface area contributed by atoms with Gasteiger partial charge in [0.15, 0.2) is 5.78 Å². The van der Waals surface area contributed by atoms with E-state index < -0.39 is 0 Å². The number of carbonyl (C=O) groups excluding carboxylic acids is 1. The van der Waals surface area contributed by atoms with Gasteiger partial charge in [-0.25, -0.2) is 0 Å². The maximum atomic E-state index is 12.5. The van der Waals surface area contributed by atoms with E-state index >= 15 is 0 Å². The molecule has 1 aromatic carbocycles. The fourth-order valence-corrected chi connectivity index (χ4v) is 2.71. The number of ether oxygens (including phenoxy) is 1. The van der Waals surface area contributed by atoms with E-state index in [0.29, 0.717) is 19.2 Å². The number of ketones is 1. The molecule has 116 valence electrons. The van der Waals surface area contributed by atoms with Gasteiger partial charge in [-0.3, -0.25) is 9.69 Å². The lowest BCUT2D eigenvalue weighted by atomic mass is 10.1. The fourth-order valence-electron chi connectivity index (χ4n) is 2.71. The minimum absolute atomic E-state index is 0.209. The highest BCUT2D eigenvalue weighted by molar-refractivity contribution is 5.97. The van der Waals surface area contributed by atoms with Crippen molar-refractivity contribution in [3.63, 3.8) is 0 Å². The molecule has 0 heterocycles. The summed E-state index contributed by atoms with van der Waals surface area (Å²) in [6, 6.07) is 8.49. The highest BCUT2D eigenvalue weighted by Crippen LogP contribution is 2.35. The van der Waals surface area contributed by atoms with E-state index in [1.54, 1.807) is 7.11 Å². The van der Waals surface area contributed by atoms with Gasteiger partial charge in [-0.1, -0.05) is 31.2 Å². The van der Waals surface area contributed by atoms with Crippen LogP contribution in [0.2, 0.25) is 0 Å². The standard InChI is InChI=1S/C18H27NO2/c1-4-15-5-7-17(8-6-15)18(20)13-19(11-12-21-3)14(2)16-9-10-16/h5-8,14,16H,4,9-13H2,1-3H3. The van der Waals surface area contributed by atoms with Crippen molar-refractivity contribution < 1.29 is 9.53 Å². The maximum absolute atomic E-state index is 12.5. The summed E-state index contributed by atoms with van der Waals surface area (Å²) in [5.74, 6) is 0.971. The number of methoxy groups -OCH3 is 1. The molecule has 1 aliphatic rings. The molecular weight excluding hydrogens is 262 g/mol. The molecule has 0 spiro atoms. The molecule has 3 heteroatoms. The summed E-state index contributed by atoms with van der Waals surface area (Å²) >= 11 is 0. The van der Waals surface area contributed by atoms with Crippen molar-refractivity contribution in [2.24, 2.45) is 5.92 Å². The van der Waals surface area contributed by atoms with Crippen molar-refractivity contribution in [3.8, 4) is 0 Å². The van der Waals surface area contributed by atoms with E-state index in [1.807, 2.05) is 12.1 Å². The summed E-state index contributed by atoms with van der Waals surface area (Å²) in [5, 5.41) is 0. The number of carbonyl (C=O) groups is 1. The molecule has 2 rings (SSSR count). The molecule has 0 radical (unpaired) electrons. The number of hydrogen-bond acceptors (Lipinski definition) is 3. The van der Waals surface area contributed by atoms with Crippen LogP contribution in [0, 0.1) is 5.92 Å². The van der Waals surface area contributed by atoms with Gasteiger partial charge in [0.2, 0.25) is 0 Å². The predicted octanol–water partition coefficient (Wildman–Crippen LogP) is 3.18. The average molecular weight is 289 g/mol. The van der Waals surface area contributed by atoms with Gasteiger partial charge in [0.25, 0.3) is 0 Å². The van der Waals surface area contributed by atoms with Crippen LogP contribution in [0.5, 0.6) is 0 Å². The Morgan fingerprint density at radius 3 is 2.52 bits per heavy atom. The van der Waals surface area contributed by atoms with E-state index in [1.165, 1.54) is 18.4 Å². The molecule has 0 aromatic heterocycles. The Balaban J connectivity index is 1.98. The summed E-state index contributed by atoms with van der Waals surface area (Å²) in [7, 11) is 1.71. The van der Waals surface area contributed by atoms with Crippen LogP contribution < -0.4 is 0 Å². The van der Waals surface area contributed by atoms with Gasteiger partial charge in [-0.05, 0) is 37.7 Å². The molecule has 1 atom stereocenters. The minimum Gasteiger partial charge on any atom is -0.383 e. The molecule has 0 amide bonds. The predicted molar refractivity (Wildman–Crippen MR) is 85.8 cm³/mol. The summed E-state index contributed by atoms with van der Waals surface area (Å²) in [5.41, 5.74) is 2.09. The zero-order chi connectivity index (χ0) is 15.2. The SMILES string of the molecule is CCc1ccc(C(=O)CN(CCOC)C(C)C2CC2)cc1. The Bertz CT molecular complexity index is 451. The molecule has 0 saturated heterocycles.